The molecular weight excluding hydrogens is 404 g/mol. The number of likely N-dealkylation sites (tertiary alicyclic amines) is 1. The molecule has 0 bridgehead atoms. The topological polar surface area (TPSA) is 67.4 Å². The monoisotopic (exact) mass is 440 g/mol. The van der Waals surface area contributed by atoms with Crippen molar-refractivity contribution in [1.82, 2.24) is 15.5 Å². The molecule has 174 valence electrons. The lowest BCUT2D eigenvalue weighted by molar-refractivity contribution is 0.331. The van der Waals surface area contributed by atoms with Gasteiger partial charge in [0, 0.05) is 31.3 Å². The van der Waals surface area contributed by atoms with Crippen LogP contribution in [0.2, 0.25) is 0 Å². The maximum Gasteiger partial charge on any atom is 0.191 e. The Morgan fingerprint density at radius 2 is 1.50 bits per heavy atom. The maximum atomic E-state index is 5.53. The summed E-state index contributed by atoms with van der Waals surface area (Å²) in [6.45, 7) is 7.47. The number of rotatable bonds is 10. The van der Waals surface area contributed by atoms with Crippen molar-refractivity contribution < 1.29 is 14.2 Å². The van der Waals surface area contributed by atoms with Gasteiger partial charge in [0.1, 0.15) is 5.75 Å². The number of aliphatic imine (C=N–C) groups is 1. The zero-order chi connectivity index (χ0) is 22.8. The van der Waals surface area contributed by atoms with Crippen molar-refractivity contribution in [1.29, 1.82) is 0 Å². The molecular formula is C25H36N4O3. The van der Waals surface area contributed by atoms with Gasteiger partial charge in [-0.15, -0.1) is 0 Å². The quantitative estimate of drug-likeness (QED) is 0.435. The molecule has 1 aliphatic rings. The molecule has 2 N–H and O–H groups in total. The van der Waals surface area contributed by atoms with E-state index >= 15 is 0 Å². The van der Waals surface area contributed by atoms with E-state index in [1.54, 1.807) is 21.3 Å². The molecule has 2 aromatic rings. The lowest BCUT2D eigenvalue weighted by Crippen LogP contribution is -2.36. The predicted molar refractivity (Wildman–Crippen MR) is 129 cm³/mol. The van der Waals surface area contributed by atoms with Gasteiger partial charge in [-0.1, -0.05) is 24.3 Å². The Balaban J connectivity index is 1.62. The van der Waals surface area contributed by atoms with Crippen molar-refractivity contribution in [2.24, 2.45) is 4.99 Å². The van der Waals surface area contributed by atoms with Crippen LogP contribution in [-0.4, -0.2) is 51.8 Å². The molecule has 1 aliphatic heterocycles. The molecule has 1 saturated heterocycles. The van der Waals surface area contributed by atoms with E-state index in [9.17, 15) is 0 Å². The molecule has 0 unspecified atom stereocenters. The highest BCUT2D eigenvalue weighted by Crippen LogP contribution is 2.34. The van der Waals surface area contributed by atoms with Crippen LogP contribution in [0.1, 0.15) is 36.5 Å². The van der Waals surface area contributed by atoms with E-state index in [2.05, 4.69) is 46.7 Å². The van der Waals surface area contributed by atoms with Gasteiger partial charge in [-0.2, -0.15) is 0 Å². The fourth-order valence-electron chi connectivity index (χ4n) is 3.87. The van der Waals surface area contributed by atoms with Crippen LogP contribution in [0.3, 0.4) is 0 Å². The fourth-order valence-corrected chi connectivity index (χ4v) is 3.87. The highest BCUT2D eigenvalue weighted by Gasteiger charge is 2.13. The molecule has 3 rings (SSSR count). The smallest absolute Gasteiger partial charge is 0.191 e. The Bertz CT molecular complexity index is 878. The minimum absolute atomic E-state index is 0.546. The van der Waals surface area contributed by atoms with Gasteiger partial charge in [0.25, 0.3) is 0 Å². The van der Waals surface area contributed by atoms with Gasteiger partial charge in [0.2, 0.25) is 0 Å². The van der Waals surface area contributed by atoms with Crippen LogP contribution in [0.25, 0.3) is 0 Å². The van der Waals surface area contributed by atoms with Gasteiger partial charge >= 0.3 is 0 Å². The second-order valence-corrected chi connectivity index (χ2v) is 7.87. The molecule has 2 aromatic carbocycles. The molecule has 7 nitrogen and oxygen atoms in total. The highest BCUT2D eigenvalue weighted by molar-refractivity contribution is 5.79. The average Bonchev–Trinajstić information content (AvgIpc) is 3.34. The minimum atomic E-state index is 0.546. The van der Waals surface area contributed by atoms with E-state index in [1.807, 2.05) is 12.1 Å². The normalized spacial score (nSPS) is 14.3. The van der Waals surface area contributed by atoms with Crippen molar-refractivity contribution in [3.63, 3.8) is 0 Å². The van der Waals surface area contributed by atoms with Crippen LogP contribution in [-0.2, 0) is 19.6 Å². The van der Waals surface area contributed by atoms with Crippen LogP contribution in [0, 0.1) is 0 Å². The Hall–Kier alpha value is -2.93. The van der Waals surface area contributed by atoms with Gasteiger partial charge in [-0.05, 0) is 50.0 Å². The van der Waals surface area contributed by atoms with Crippen LogP contribution >= 0.6 is 0 Å². The Kier molecular flexibility index (Phi) is 9.04. The summed E-state index contributed by atoms with van der Waals surface area (Å²) in [4.78, 5) is 7.27. The van der Waals surface area contributed by atoms with Crippen molar-refractivity contribution in [3.8, 4) is 17.2 Å². The molecule has 0 saturated carbocycles. The number of guanidine groups is 1. The van der Waals surface area contributed by atoms with Gasteiger partial charge < -0.3 is 24.8 Å². The van der Waals surface area contributed by atoms with Crippen LogP contribution in [0.4, 0.5) is 0 Å². The van der Waals surface area contributed by atoms with Gasteiger partial charge in [-0.25, -0.2) is 4.99 Å². The molecule has 0 aromatic heterocycles. The molecule has 1 heterocycles. The standard InChI is InChI=1S/C25H36N4O3/c1-5-26-25(28-17-21-14-23(31-3)24(32-4)15-22(21)30-2)27-16-19-8-10-20(11-9-19)18-29-12-6-7-13-29/h8-11,14-15H,5-7,12-13,16-18H2,1-4H3,(H2,26,27,28). The largest absolute Gasteiger partial charge is 0.496 e. The van der Waals surface area contributed by atoms with Crippen molar-refractivity contribution in [2.75, 3.05) is 41.0 Å². The number of nitrogens with zero attached hydrogens (tertiary/aromatic N) is 2. The first-order valence-electron chi connectivity index (χ1n) is 11.3. The average molecular weight is 441 g/mol. The zero-order valence-electron chi connectivity index (χ0n) is 19.7. The SMILES string of the molecule is CCNC(=NCc1ccc(CN2CCCC2)cc1)NCc1cc(OC)c(OC)cc1OC. The molecule has 1 fully saturated rings. The van der Waals surface area contributed by atoms with Gasteiger partial charge in [0.05, 0.1) is 27.9 Å². The zero-order valence-corrected chi connectivity index (χ0v) is 19.7. The third kappa shape index (κ3) is 6.53. The van der Waals surface area contributed by atoms with E-state index in [4.69, 9.17) is 19.2 Å². The van der Waals surface area contributed by atoms with Crippen molar-refractivity contribution in [3.05, 3.63) is 53.1 Å². The molecule has 0 amide bonds. The molecule has 0 aliphatic carbocycles. The molecule has 7 heteroatoms. The second kappa shape index (κ2) is 12.2. The first kappa shape index (κ1) is 23.7. The van der Waals surface area contributed by atoms with Gasteiger partial charge in [0.15, 0.2) is 17.5 Å². The number of benzene rings is 2. The van der Waals surface area contributed by atoms with Crippen molar-refractivity contribution in [2.45, 2.75) is 39.4 Å². The minimum Gasteiger partial charge on any atom is -0.496 e. The molecule has 0 spiro atoms. The summed E-state index contributed by atoms with van der Waals surface area (Å²) in [5.41, 5.74) is 3.52. The summed E-state index contributed by atoms with van der Waals surface area (Å²) >= 11 is 0. The summed E-state index contributed by atoms with van der Waals surface area (Å²) in [6, 6.07) is 12.6. The molecule has 32 heavy (non-hydrogen) atoms. The summed E-state index contributed by atoms with van der Waals surface area (Å²) in [5.74, 6) is 2.80. The van der Waals surface area contributed by atoms with Crippen LogP contribution < -0.4 is 24.8 Å². The van der Waals surface area contributed by atoms with Crippen LogP contribution in [0.15, 0.2) is 41.4 Å². The highest BCUT2D eigenvalue weighted by atomic mass is 16.5. The number of hydrogen-bond donors (Lipinski definition) is 2. The third-order valence-electron chi connectivity index (χ3n) is 5.62. The van der Waals surface area contributed by atoms with Crippen molar-refractivity contribution >= 4 is 5.96 Å². The Morgan fingerprint density at radius 1 is 0.875 bits per heavy atom. The fraction of sp³-hybridized carbons (Fsp3) is 0.480. The third-order valence-corrected chi connectivity index (χ3v) is 5.62. The van der Waals surface area contributed by atoms with Crippen LogP contribution in [0.5, 0.6) is 17.2 Å². The Morgan fingerprint density at radius 3 is 2.12 bits per heavy atom. The maximum absolute atomic E-state index is 5.53. The van der Waals surface area contributed by atoms with E-state index in [0.717, 1.165) is 30.4 Å². The number of methoxy groups -OCH3 is 3. The number of nitrogens with one attached hydrogen (secondary N) is 2. The van der Waals surface area contributed by atoms with Gasteiger partial charge in [-0.3, -0.25) is 4.90 Å². The first-order chi connectivity index (χ1) is 15.7. The number of hydrogen-bond acceptors (Lipinski definition) is 5. The first-order valence-corrected chi connectivity index (χ1v) is 11.3. The summed E-state index contributed by atoms with van der Waals surface area (Å²) in [6.07, 6.45) is 2.64. The van der Waals surface area contributed by atoms with E-state index in [-0.39, 0.29) is 0 Å². The van der Waals surface area contributed by atoms with E-state index in [1.165, 1.54) is 37.1 Å². The lowest BCUT2D eigenvalue weighted by atomic mass is 10.1. The predicted octanol–water partition coefficient (Wildman–Crippen LogP) is 3.56. The summed E-state index contributed by atoms with van der Waals surface area (Å²) in [7, 11) is 4.89. The van der Waals surface area contributed by atoms with E-state index in [0.29, 0.717) is 24.6 Å². The second-order valence-electron chi connectivity index (χ2n) is 7.87. The lowest BCUT2D eigenvalue weighted by Gasteiger charge is -2.16. The molecule has 0 atom stereocenters. The Labute approximate surface area is 191 Å². The molecule has 0 radical (unpaired) electrons. The number of ether oxygens (including phenoxy) is 3. The summed E-state index contributed by atoms with van der Waals surface area (Å²) < 4.78 is 16.3. The summed E-state index contributed by atoms with van der Waals surface area (Å²) in [5, 5.41) is 6.69. The van der Waals surface area contributed by atoms with E-state index < -0.39 is 0 Å².